The molecule has 0 bridgehead atoms. The Morgan fingerprint density at radius 1 is 1.31 bits per heavy atom. The van der Waals surface area contributed by atoms with Crippen molar-refractivity contribution in [1.29, 1.82) is 0 Å². The van der Waals surface area contributed by atoms with E-state index in [9.17, 15) is 0 Å². The van der Waals surface area contributed by atoms with E-state index in [-0.39, 0.29) is 32.7 Å². The number of fused-ring (bicyclic) bond motifs is 1. The fourth-order valence-corrected chi connectivity index (χ4v) is 1.12. The average molecular weight is 249 g/mol. The third-order valence-corrected chi connectivity index (χ3v) is 1.91. The van der Waals surface area contributed by atoms with Gasteiger partial charge in [-0.2, -0.15) is 0 Å². The summed E-state index contributed by atoms with van der Waals surface area (Å²) in [6.07, 6.45) is 3.41. The van der Waals surface area contributed by atoms with Crippen molar-refractivity contribution < 1.29 is 32.7 Å². The molecule has 0 saturated heterocycles. The predicted molar refractivity (Wildman–Crippen MR) is 46.9 cm³/mol. The van der Waals surface area contributed by atoms with Crippen LogP contribution < -0.4 is 4.98 Å². The van der Waals surface area contributed by atoms with Crippen molar-refractivity contribution in [3.05, 3.63) is 24.2 Å². The largest absolute Gasteiger partial charge is 0.368 e. The van der Waals surface area contributed by atoms with Gasteiger partial charge in [0.05, 0.1) is 0 Å². The second-order valence-corrected chi connectivity index (χ2v) is 3.14. The fourth-order valence-electron chi connectivity index (χ4n) is 1.12. The van der Waals surface area contributed by atoms with E-state index in [0.29, 0.717) is 5.92 Å². The van der Waals surface area contributed by atoms with Gasteiger partial charge in [-0.05, 0) is 30.1 Å². The molecule has 4 heteroatoms. The number of nitrogens with zero attached hydrogens (tertiary/aromatic N) is 3. The summed E-state index contributed by atoms with van der Waals surface area (Å²) in [5, 5.41) is 0. The zero-order valence-electron chi connectivity index (χ0n) is 7.73. The van der Waals surface area contributed by atoms with Crippen LogP contribution in [0.2, 0.25) is 0 Å². The van der Waals surface area contributed by atoms with Crippen molar-refractivity contribution in [2.45, 2.75) is 19.8 Å². The molecule has 0 aromatic carbocycles. The quantitative estimate of drug-likeness (QED) is 0.772. The predicted octanol–water partition coefficient (Wildman–Crippen LogP) is 1.71. The smallest absolute Gasteiger partial charge is 0.0190 e. The third-order valence-electron chi connectivity index (χ3n) is 1.91. The van der Waals surface area contributed by atoms with E-state index in [1.807, 2.05) is 12.3 Å². The Kier molecular flexibility index (Phi) is 3.57. The number of imidazole rings is 1. The molecule has 13 heavy (non-hydrogen) atoms. The molecule has 2 aromatic rings. The van der Waals surface area contributed by atoms with Gasteiger partial charge in [0, 0.05) is 43.9 Å². The Morgan fingerprint density at radius 2 is 2.08 bits per heavy atom. The van der Waals surface area contributed by atoms with Gasteiger partial charge in [-0.25, -0.2) is 0 Å². The first-order valence-corrected chi connectivity index (χ1v) is 4.00. The zero-order valence-corrected chi connectivity index (χ0v) is 10.6. The Bertz CT molecular complexity index is 394. The fraction of sp³-hybridized carbons (Fsp3) is 0.333. The van der Waals surface area contributed by atoms with Gasteiger partial charge in [0.2, 0.25) is 0 Å². The van der Waals surface area contributed by atoms with Crippen LogP contribution in [-0.2, 0) is 32.7 Å². The van der Waals surface area contributed by atoms with E-state index < -0.39 is 0 Å². The van der Waals surface area contributed by atoms with Gasteiger partial charge in [0.25, 0.3) is 0 Å². The first kappa shape index (κ1) is 10.8. The molecular formula is C9H10N3Y-. The summed E-state index contributed by atoms with van der Waals surface area (Å²) >= 11 is 0. The van der Waals surface area contributed by atoms with Crippen LogP contribution in [0, 0.1) is 0 Å². The Morgan fingerprint density at radius 3 is 2.77 bits per heavy atom. The van der Waals surface area contributed by atoms with Crippen LogP contribution in [0.1, 0.15) is 25.3 Å². The average Bonchev–Trinajstić information content (AvgIpc) is 2.49. The van der Waals surface area contributed by atoms with Crippen molar-refractivity contribution in [3.8, 4) is 0 Å². The molecule has 0 amide bonds. The molecule has 3 nitrogen and oxygen atoms in total. The second-order valence-electron chi connectivity index (χ2n) is 3.14. The van der Waals surface area contributed by atoms with Crippen LogP contribution in [0.5, 0.6) is 0 Å². The summed E-state index contributed by atoms with van der Waals surface area (Å²) in [5.41, 5.74) is 2.84. The van der Waals surface area contributed by atoms with E-state index in [1.54, 1.807) is 6.33 Å². The molecule has 2 heterocycles. The third kappa shape index (κ3) is 2.15. The maximum absolute atomic E-state index is 4.19. The zero-order chi connectivity index (χ0) is 8.55. The summed E-state index contributed by atoms with van der Waals surface area (Å²) in [7, 11) is 0. The van der Waals surface area contributed by atoms with Gasteiger partial charge >= 0.3 is 0 Å². The van der Waals surface area contributed by atoms with Gasteiger partial charge in [-0.15, -0.1) is 0 Å². The van der Waals surface area contributed by atoms with Crippen LogP contribution in [0.25, 0.3) is 11.2 Å². The van der Waals surface area contributed by atoms with Crippen LogP contribution in [0.3, 0.4) is 0 Å². The van der Waals surface area contributed by atoms with Crippen molar-refractivity contribution in [2.75, 3.05) is 0 Å². The molecule has 0 atom stereocenters. The monoisotopic (exact) mass is 249 g/mol. The first-order valence-electron chi connectivity index (χ1n) is 4.00. The molecule has 0 unspecified atom stereocenters. The first-order chi connectivity index (χ1) is 5.77. The minimum Gasteiger partial charge on any atom is -0.368 e. The van der Waals surface area contributed by atoms with Crippen molar-refractivity contribution in [3.63, 3.8) is 0 Å². The molecule has 65 valence electrons. The Labute approximate surface area is 102 Å². The Balaban J connectivity index is 0.000000845. The van der Waals surface area contributed by atoms with E-state index in [4.69, 9.17) is 0 Å². The molecule has 0 fully saturated rings. The summed E-state index contributed by atoms with van der Waals surface area (Å²) in [6, 6.07) is 2.04. The molecular weight excluding hydrogens is 239 g/mol. The number of hydrogen-bond acceptors (Lipinski definition) is 2. The molecule has 0 aliphatic rings. The second kappa shape index (κ2) is 4.29. The molecule has 0 saturated carbocycles. The van der Waals surface area contributed by atoms with E-state index in [0.717, 1.165) is 11.2 Å². The summed E-state index contributed by atoms with van der Waals surface area (Å²) < 4.78 is 0. The molecule has 0 aliphatic carbocycles. The standard InChI is InChI=1S/C9H10N3.Y/c1-6(2)7-3-8-9(10-4-7)12-5-11-8;/h3-6H,1-2H3;/q-1;. The molecule has 0 N–H and O–H groups in total. The topological polar surface area (TPSA) is 39.9 Å². The van der Waals surface area contributed by atoms with Gasteiger partial charge in [-0.1, -0.05) is 13.8 Å². The number of pyridine rings is 1. The summed E-state index contributed by atoms with van der Waals surface area (Å²) in [4.78, 5) is 12.3. The maximum atomic E-state index is 4.19. The number of aromatic nitrogens is 3. The molecule has 2 aromatic heterocycles. The van der Waals surface area contributed by atoms with Crippen LogP contribution in [0.15, 0.2) is 18.6 Å². The van der Waals surface area contributed by atoms with Crippen molar-refractivity contribution >= 4 is 11.2 Å². The maximum Gasteiger partial charge on any atom is 0.0190 e. The van der Waals surface area contributed by atoms with Gasteiger partial charge in [-0.3, -0.25) is 0 Å². The van der Waals surface area contributed by atoms with Gasteiger partial charge in [0.15, 0.2) is 0 Å². The van der Waals surface area contributed by atoms with Crippen molar-refractivity contribution in [1.82, 2.24) is 15.0 Å². The van der Waals surface area contributed by atoms with Gasteiger partial charge in [0.1, 0.15) is 0 Å². The number of rotatable bonds is 1. The molecule has 0 aliphatic heterocycles. The van der Waals surface area contributed by atoms with E-state index >= 15 is 0 Å². The normalized spacial score (nSPS) is 10.4. The SMILES string of the molecule is CC(C)c1cnc2[n-]cnc2c1.[Y]. The molecule has 1 radical (unpaired) electrons. The summed E-state index contributed by atoms with van der Waals surface area (Å²) in [6.45, 7) is 4.28. The Hall–Kier alpha value is -0.276. The minimum absolute atomic E-state index is 0. The van der Waals surface area contributed by atoms with Crippen molar-refractivity contribution in [2.24, 2.45) is 0 Å². The number of hydrogen-bond donors (Lipinski definition) is 0. The van der Waals surface area contributed by atoms with Crippen LogP contribution in [-0.4, -0.2) is 9.97 Å². The minimum atomic E-state index is 0. The van der Waals surface area contributed by atoms with E-state index in [2.05, 4.69) is 28.8 Å². The summed E-state index contributed by atoms with van der Waals surface area (Å²) in [5.74, 6) is 0.499. The van der Waals surface area contributed by atoms with E-state index in [1.165, 1.54) is 5.56 Å². The van der Waals surface area contributed by atoms with Crippen LogP contribution in [0.4, 0.5) is 0 Å². The van der Waals surface area contributed by atoms with Crippen LogP contribution >= 0.6 is 0 Å². The molecule has 2 rings (SSSR count). The molecule has 0 spiro atoms. The van der Waals surface area contributed by atoms with Gasteiger partial charge < -0.3 is 15.0 Å².